The van der Waals surface area contributed by atoms with Crippen LogP contribution in [0.3, 0.4) is 0 Å². The first-order chi connectivity index (χ1) is 53.2. The Morgan fingerprint density at radius 2 is 0.614 bits per heavy atom. The van der Waals surface area contributed by atoms with Crippen molar-refractivity contribution in [1.29, 1.82) is 0 Å². The van der Waals surface area contributed by atoms with Crippen molar-refractivity contribution in [3.8, 4) is 0 Å². The van der Waals surface area contributed by atoms with E-state index in [9.17, 15) is 49.8 Å². The number of carbonyl (C=O) groups excluding carboxylic acids is 2. The number of esters is 1. The minimum absolute atomic E-state index is 0.162. The highest BCUT2D eigenvalue weighted by Gasteiger charge is 2.31. The molecular weight excluding hydrogens is 1430 g/mol. The summed E-state index contributed by atoms with van der Waals surface area (Å²) in [6.45, 7) is 56.7. The van der Waals surface area contributed by atoms with Crippen LogP contribution < -0.4 is 0 Å². The second kappa shape index (κ2) is 77.1. The highest BCUT2D eigenvalue weighted by atomic mass is 16.6. The number of rotatable bonds is 52. The Bertz CT molecular complexity index is 3130. The van der Waals surface area contributed by atoms with Gasteiger partial charge in [-0.1, -0.05) is 185 Å². The van der Waals surface area contributed by atoms with Crippen LogP contribution in [0.2, 0.25) is 0 Å². The van der Waals surface area contributed by atoms with Crippen LogP contribution in [0, 0.1) is 54.0 Å². The molecule has 0 amide bonds. The molecule has 8 unspecified atom stereocenters. The van der Waals surface area contributed by atoms with Gasteiger partial charge in [-0.25, -0.2) is 4.79 Å². The van der Waals surface area contributed by atoms with E-state index in [0.717, 1.165) is 172 Å². The average Bonchev–Trinajstić information content (AvgIpc) is 0.901. The number of carboxylic acids is 1. The van der Waals surface area contributed by atoms with Gasteiger partial charge in [0, 0.05) is 50.0 Å². The van der Waals surface area contributed by atoms with E-state index in [0.29, 0.717) is 37.0 Å². The largest absolute Gasteiger partial charge is 0.478 e. The summed E-state index contributed by atoms with van der Waals surface area (Å²) in [5, 5.41) is 59.1. The molecule has 654 valence electrons. The standard InChI is InChI=1S/C19H33NO4.C17H31NO3.C17H29NO2.C15H24O2.2C15H26O/c1-14(2)9-7-10-15(3)11-8-12-16(4)13-19(24-18(6)21)17(5)20(22)23;1-13(2)8-6-9-14(3)10-7-11-15(4)12-17(19)16(5)18(20)21;1-14(2)8-6-9-15(3)10-7-11-16(4)12-13-17(5)18(19)20;1-12(2)7-5-8-13(3)9-6-10-14(4)11-15(16)17;2*1-13(2)7-5-8-14(3)9-6-10-15(4)11-12-16/h9,11,16-17,19H,7-8,10,12-13H2,1-6H3;8,10,15-17,19H,6-7,9,11-12H2,1-5H3;8,10,13,16H,6-7,9,11-12H2,1-5H3;7,9,11H,5-6,8,10H2,1-4H3,(H,16,17);7,9,12,15H,5-6,8,10-11H2,1-4H3;7,9,11,16H,5-6,8,10,12H2,1-4H3/b15-11+;14-10+;15-10+,17-13+;13-9+,14-11+;14-9+;14-9+,15-11+. The first-order valence-corrected chi connectivity index (χ1v) is 42.5. The highest BCUT2D eigenvalue weighted by Crippen LogP contribution is 2.23. The summed E-state index contributed by atoms with van der Waals surface area (Å²) in [5.74, 6) is 0.261. The fourth-order valence-electron chi connectivity index (χ4n) is 11.2. The Labute approximate surface area is 697 Å². The van der Waals surface area contributed by atoms with Crippen molar-refractivity contribution in [2.75, 3.05) is 6.61 Å². The normalized spacial score (nSPS) is 14.2. The van der Waals surface area contributed by atoms with E-state index in [1.54, 1.807) is 13.0 Å². The number of aliphatic hydroxyl groups is 2. The number of allylic oxidation sites excluding steroid dienone is 28. The molecule has 0 radical (unpaired) electrons. The molecule has 0 saturated carbocycles. The van der Waals surface area contributed by atoms with Gasteiger partial charge in [-0.2, -0.15) is 0 Å². The van der Waals surface area contributed by atoms with E-state index in [1.807, 2.05) is 19.9 Å². The molecule has 0 aliphatic heterocycles. The van der Waals surface area contributed by atoms with Crippen molar-refractivity contribution in [3.05, 3.63) is 205 Å². The summed E-state index contributed by atoms with van der Waals surface area (Å²) in [4.78, 5) is 62.8. The molecule has 16 nitrogen and oxygen atoms in total. The topological polar surface area (TPSA) is 251 Å². The maximum Gasteiger partial charge on any atom is 0.328 e. The summed E-state index contributed by atoms with van der Waals surface area (Å²) in [6.07, 6.45) is 59.5. The zero-order valence-electron chi connectivity index (χ0n) is 77.6. The first-order valence-electron chi connectivity index (χ1n) is 42.5. The number of carbonyl (C=O) groups is 3. The zero-order chi connectivity index (χ0) is 88.7. The molecule has 0 fully saturated rings. The van der Waals surface area contributed by atoms with E-state index in [-0.39, 0.29) is 28.1 Å². The van der Waals surface area contributed by atoms with E-state index >= 15 is 0 Å². The van der Waals surface area contributed by atoms with Crippen LogP contribution in [-0.2, 0) is 19.1 Å². The van der Waals surface area contributed by atoms with Gasteiger partial charge < -0.3 is 24.9 Å². The maximum absolute atomic E-state index is 11.2. The lowest BCUT2D eigenvalue weighted by Crippen LogP contribution is -2.35. The number of carboxylic acid groups (broad SMARTS) is 1. The van der Waals surface area contributed by atoms with Gasteiger partial charge in [0.05, 0.1) is 11.5 Å². The Morgan fingerprint density at radius 1 is 0.351 bits per heavy atom. The molecule has 0 spiro atoms. The molecule has 0 aromatic heterocycles. The SMILES string of the molecule is CC(=O)OC(CC(C)CC/C=C(\C)CCC=C(C)C)C(C)[N+](=O)[O-].CC(C)=CCC/C(C)=C/CC/C(C)=C/C(=O)O.CC(C)=CCC/C(C)=C/CC/C(C)=C/CO.CC(C)=CCC/C(C)=C/CCC(C)C/C=C(\C)[N+](=O)[O-].CC(C)=CCC/C(C)=C/CCC(C)CC(O)C(C)[N+](=O)[O-].CC(C)=CCC/C(C)=C/CCC(C)CC=O. The molecule has 0 rings (SSSR count). The van der Waals surface area contributed by atoms with Gasteiger partial charge in [-0.15, -0.1) is 0 Å². The molecule has 16 heteroatoms. The van der Waals surface area contributed by atoms with E-state index < -0.39 is 41.2 Å². The molecule has 0 aromatic rings. The zero-order valence-corrected chi connectivity index (χ0v) is 77.6. The summed E-state index contributed by atoms with van der Waals surface area (Å²) in [7, 11) is 0. The monoisotopic (exact) mass is 1600 g/mol. The Hall–Kier alpha value is -7.17. The smallest absolute Gasteiger partial charge is 0.328 e. The van der Waals surface area contributed by atoms with Crippen molar-refractivity contribution in [2.24, 2.45) is 23.7 Å². The number of hydrogen-bond donors (Lipinski definition) is 3. The van der Waals surface area contributed by atoms with Crippen LogP contribution in [0.1, 0.15) is 374 Å². The molecule has 8 atom stereocenters. The predicted molar refractivity (Wildman–Crippen MR) is 489 cm³/mol. The lowest BCUT2D eigenvalue weighted by Gasteiger charge is -2.21. The average molecular weight is 1600 g/mol. The van der Waals surface area contributed by atoms with E-state index in [1.165, 1.54) is 99.3 Å². The van der Waals surface area contributed by atoms with Gasteiger partial charge in [0.15, 0.2) is 6.10 Å². The van der Waals surface area contributed by atoms with Crippen molar-refractivity contribution in [1.82, 2.24) is 0 Å². The van der Waals surface area contributed by atoms with Crippen LogP contribution in [0.4, 0.5) is 0 Å². The molecule has 0 aliphatic rings. The Kier molecular flexibility index (Phi) is 79.6. The second-order valence-corrected chi connectivity index (χ2v) is 33.6. The minimum atomic E-state index is -0.881. The highest BCUT2D eigenvalue weighted by molar-refractivity contribution is 5.80. The number of aldehydes is 1. The number of aliphatic carboxylic acids is 1. The molecule has 0 aliphatic carbocycles. The summed E-state index contributed by atoms with van der Waals surface area (Å²) < 4.78 is 5.14. The van der Waals surface area contributed by atoms with Gasteiger partial charge >= 0.3 is 11.9 Å². The fraction of sp³-hybridized carbons (Fsp3) is 0.663. The predicted octanol–water partition coefficient (Wildman–Crippen LogP) is 28.8. The third-order valence-electron chi connectivity index (χ3n) is 19.0. The van der Waals surface area contributed by atoms with Crippen LogP contribution in [0.25, 0.3) is 0 Å². The molecule has 0 heterocycles. The number of ether oxygens (including phenoxy) is 1. The van der Waals surface area contributed by atoms with Crippen molar-refractivity contribution in [2.45, 2.75) is 398 Å². The number of nitrogens with zero attached hydrogens (tertiary/aromatic N) is 3. The lowest BCUT2D eigenvalue weighted by atomic mass is 9.94. The quantitative estimate of drug-likeness (QED) is 0.0128. The summed E-state index contributed by atoms with van der Waals surface area (Å²) >= 11 is 0. The third-order valence-corrected chi connectivity index (χ3v) is 19.0. The lowest BCUT2D eigenvalue weighted by molar-refractivity contribution is -0.530. The molecule has 114 heavy (non-hydrogen) atoms. The number of aliphatic hydroxyl groups excluding tert-OH is 2. The van der Waals surface area contributed by atoms with Gasteiger partial charge in [-0.05, 0) is 342 Å². The third kappa shape index (κ3) is 90.4. The minimum Gasteiger partial charge on any atom is -0.478 e. The molecule has 0 aromatic carbocycles. The number of nitro groups is 3. The van der Waals surface area contributed by atoms with Gasteiger partial charge in [0.1, 0.15) is 12.4 Å². The Morgan fingerprint density at radius 3 is 0.877 bits per heavy atom. The Balaban J connectivity index is -0.000000309. The van der Waals surface area contributed by atoms with Crippen molar-refractivity contribution in [3.63, 3.8) is 0 Å². The molecule has 3 N–H and O–H groups in total. The first kappa shape index (κ1) is 118. The van der Waals surface area contributed by atoms with Gasteiger partial charge in [-0.3, -0.25) is 35.1 Å². The van der Waals surface area contributed by atoms with Crippen LogP contribution in [0.15, 0.2) is 175 Å². The molecule has 0 bridgehead atoms. The van der Waals surface area contributed by atoms with Gasteiger partial charge in [0.25, 0.3) is 0 Å². The van der Waals surface area contributed by atoms with E-state index in [2.05, 4.69) is 225 Å². The van der Waals surface area contributed by atoms with Crippen LogP contribution in [0.5, 0.6) is 0 Å². The van der Waals surface area contributed by atoms with E-state index in [4.69, 9.17) is 14.9 Å². The van der Waals surface area contributed by atoms with Crippen LogP contribution in [-0.4, -0.2) is 79.2 Å². The maximum atomic E-state index is 11.2. The van der Waals surface area contributed by atoms with Crippen LogP contribution >= 0.6 is 0 Å². The summed E-state index contributed by atoms with van der Waals surface area (Å²) in [5.41, 5.74) is 19.2. The van der Waals surface area contributed by atoms with Gasteiger partial charge in [0.2, 0.25) is 17.8 Å². The molecule has 0 saturated heterocycles. The second-order valence-electron chi connectivity index (χ2n) is 33.6. The summed E-state index contributed by atoms with van der Waals surface area (Å²) in [6, 6.07) is -1.76. The molecular formula is C98H169N3O13. The van der Waals surface area contributed by atoms with Crippen molar-refractivity contribution >= 4 is 18.2 Å². The fourth-order valence-corrected chi connectivity index (χ4v) is 11.2. The number of hydrogen-bond acceptors (Lipinski definition) is 12. The van der Waals surface area contributed by atoms with Crippen molar-refractivity contribution < 1.29 is 49.2 Å².